The summed E-state index contributed by atoms with van der Waals surface area (Å²) < 4.78 is 25.0. The molecule has 0 aliphatic carbocycles. The van der Waals surface area contributed by atoms with Gasteiger partial charge >= 0.3 is 5.38 Å². The van der Waals surface area contributed by atoms with E-state index in [0.717, 1.165) is 12.1 Å². The number of benzene rings is 1. The van der Waals surface area contributed by atoms with Gasteiger partial charge in [-0.3, -0.25) is 0 Å². The van der Waals surface area contributed by atoms with Crippen LogP contribution in [0.25, 0.3) is 0 Å². The second kappa shape index (κ2) is 3.64. The molecule has 0 radical (unpaired) electrons. The van der Waals surface area contributed by atoms with Gasteiger partial charge in [0.05, 0.1) is 5.69 Å². The van der Waals surface area contributed by atoms with Gasteiger partial charge in [0.2, 0.25) is 6.08 Å². The van der Waals surface area contributed by atoms with Crippen molar-refractivity contribution in [1.82, 2.24) is 0 Å². The van der Waals surface area contributed by atoms with Crippen molar-refractivity contribution in [1.29, 1.82) is 0 Å². The Balaban J connectivity index is 3.12. The van der Waals surface area contributed by atoms with E-state index in [1.54, 1.807) is 0 Å². The lowest BCUT2D eigenvalue weighted by Crippen LogP contribution is -2.01. The molecular weight excluding hydrogens is 200 g/mol. The quantitative estimate of drug-likeness (QED) is 0.413. The SMILES string of the molecule is O=C=Nc1cccc(C(F)(F)Cl)c1. The summed E-state index contributed by atoms with van der Waals surface area (Å²) in [5, 5.41) is -3.44. The van der Waals surface area contributed by atoms with E-state index in [2.05, 4.69) is 4.99 Å². The highest BCUT2D eigenvalue weighted by atomic mass is 35.5. The molecule has 0 fully saturated rings. The zero-order chi connectivity index (χ0) is 9.90. The number of hydrogen-bond donors (Lipinski definition) is 0. The number of isocyanates is 1. The average molecular weight is 204 g/mol. The lowest BCUT2D eigenvalue weighted by Gasteiger charge is -2.07. The third-order valence-corrected chi connectivity index (χ3v) is 1.57. The molecule has 68 valence electrons. The molecule has 0 saturated heterocycles. The summed E-state index contributed by atoms with van der Waals surface area (Å²) in [5.74, 6) is 0. The maximum absolute atomic E-state index is 12.5. The average Bonchev–Trinajstić information content (AvgIpc) is 2.04. The standard InChI is InChI=1S/C8H4ClF2NO/c9-8(10,11)6-2-1-3-7(4-6)12-5-13/h1-4H. The third kappa shape index (κ3) is 2.61. The molecule has 0 amide bonds. The third-order valence-electron chi connectivity index (χ3n) is 1.35. The monoisotopic (exact) mass is 203 g/mol. The van der Waals surface area contributed by atoms with Gasteiger partial charge in [-0.25, -0.2) is 4.79 Å². The van der Waals surface area contributed by atoms with Gasteiger partial charge in [-0.1, -0.05) is 12.1 Å². The van der Waals surface area contributed by atoms with Crippen LogP contribution in [-0.2, 0) is 10.2 Å². The lowest BCUT2D eigenvalue weighted by molar-refractivity contribution is 0.0952. The fourth-order valence-electron chi connectivity index (χ4n) is 0.804. The Morgan fingerprint density at radius 2 is 2.15 bits per heavy atom. The van der Waals surface area contributed by atoms with E-state index in [-0.39, 0.29) is 5.69 Å². The van der Waals surface area contributed by atoms with Crippen LogP contribution in [-0.4, -0.2) is 6.08 Å². The first-order valence-electron chi connectivity index (χ1n) is 3.29. The molecule has 0 N–H and O–H groups in total. The first kappa shape index (κ1) is 9.84. The Kier molecular flexibility index (Phi) is 2.76. The van der Waals surface area contributed by atoms with E-state index < -0.39 is 10.9 Å². The second-order valence-corrected chi connectivity index (χ2v) is 2.73. The van der Waals surface area contributed by atoms with E-state index in [0.29, 0.717) is 0 Å². The number of aliphatic imine (C=N–C) groups is 1. The molecule has 1 aromatic rings. The summed E-state index contributed by atoms with van der Waals surface area (Å²) >= 11 is 4.76. The van der Waals surface area contributed by atoms with Gasteiger partial charge in [0.15, 0.2) is 0 Å². The van der Waals surface area contributed by atoms with Crippen molar-refractivity contribution in [3.63, 3.8) is 0 Å². The van der Waals surface area contributed by atoms with Gasteiger partial charge in [-0.15, -0.1) is 0 Å². The summed E-state index contributed by atoms with van der Waals surface area (Å²) in [5.41, 5.74) is -0.293. The van der Waals surface area contributed by atoms with Gasteiger partial charge < -0.3 is 0 Å². The maximum atomic E-state index is 12.5. The Hall–Kier alpha value is -1.25. The maximum Gasteiger partial charge on any atom is 0.348 e. The largest absolute Gasteiger partial charge is 0.348 e. The van der Waals surface area contributed by atoms with Crippen molar-refractivity contribution in [3.05, 3.63) is 29.8 Å². The van der Waals surface area contributed by atoms with E-state index in [9.17, 15) is 13.6 Å². The van der Waals surface area contributed by atoms with E-state index >= 15 is 0 Å². The smallest absolute Gasteiger partial charge is 0.211 e. The molecule has 0 unspecified atom stereocenters. The van der Waals surface area contributed by atoms with Crippen molar-refractivity contribution in [2.75, 3.05) is 0 Å². The van der Waals surface area contributed by atoms with Crippen LogP contribution in [0.2, 0.25) is 0 Å². The second-order valence-electron chi connectivity index (χ2n) is 2.25. The highest BCUT2D eigenvalue weighted by molar-refractivity contribution is 6.21. The Morgan fingerprint density at radius 3 is 2.69 bits per heavy atom. The van der Waals surface area contributed by atoms with Crippen LogP contribution in [0.1, 0.15) is 5.56 Å². The van der Waals surface area contributed by atoms with Crippen LogP contribution in [0.5, 0.6) is 0 Å². The van der Waals surface area contributed by atoms with Gasteiger partial charge in [-0.05, 0) is 23.7 Å². The molecule has 0 atom stereocenters. The Bertz CT molecular complexity index is 355. The predicted octanol–water partition coefficient (Wildman–Crippen LogP) is 2.94. The zero-order valence-corrected chi connectivity index (χ0v) is 7.05. The molecule has 0 aliphatic heterocycles. The number of alkyl halides is 3. The summed E-state index contributed by atoms with van der Waals surface area (Å²) in [6.45, 7) is 0. The van der Waals surface area contributed by atoms with Crippen molar-refractivity contribution in [3.8, 4) is 0 Å². The Labute approximate surface area is 77.9 Å². The highest BCUT2D eigenvalue weighted by Crippen LogP contribution is 2.33. The van der Waals surface area contributed by atoms with Crippen LogP contribution in [0.3, 0.4) is 0 Å². The highest BCUT2D eigenvalue weighted by Gasteiger charge is 2.27. The van der Waals surface area contributed by atoms with Crippen LogP contribution < -0.4 is 0 Å². The van der Waals surface area contributed by atoms with Gasteiger partial charge in [-0.2, -0.15) is 13.8 Å². The van der Waals surface area contributed by atoms with Crippen molar-refractivity contribution >= 4 is 23.4 Å². The van der Waals surface area contributed by atoms with Gasteiger partial charge in [0, 0.05) is 5.56 Å². The minimum absolute atomic E-state index is 0.104. The molecule has 1 rings (SSSR count). The van der Waals surface area contributed by atoms with Crippen LogP contribution in [0.4, 0.5) is 14.5 Å². The number of nitrogens with zero attached hydrogens (tertiary/aromatic N) is 1. The molecule has 0 saturated carbocycles. The molecular formula is C8H4ClF2NO. The molecule has 1 aromatic carbocycles. The first-order chi connectivity index (χ1) is 6.04. The number of hydrogen-bond acceptors (Lipinski definition) is 2. The first-order valence-corrected chi connectivity index (χ1v) is 3.67. The van der Waals surface area contributed by atoms with E-state index in [4.69, 9.17) is 11.6 Å². The number of rotatable bonds is 2. The summed E-state index contributed by atoms with van der Waals surface area (Å²) in [7, 11) is 0. The molecule has 13 heavy (non-hydrogen) atoms. The van der Waals surface area contributed by atoms with Crippen LogP contribution >= 0.6 is 11.6 Å². The van der Waals surface area contributed by atoms with Crippen molar-refractivity contribution in [2.45, 2.75) is 5.38 Å². The van der Waals surface area contributed by atoms with Crippen molar-refractivity contribution in [2.24, 2.45) is 4.99 Å². The fourth-order valence-corrected chi connectivity index (χ4v) is 0.922. The van der Waals surface area contributed by atoms with Crippen LogP contribution in [0.15, 0.2) is 29.3 Å². The minimum Gasteiger partial charge on any atom is -0.211 e. The number of carbonyl (C=O) groups excluding carboxylic acids is 1. The van der Waals surface area contributed by atoms with Gasteiger partial charge in [0.1, 0.15) is 0 Å². The van der Waals surface area contributed by atoms with Crippen LogP contribution in [0, 0.1) is 0 Å². The summed E-state index contributed by atoms with van der Waals surface area (Å²) in [6.07, 6.45) is 1.25. The van der Waals surface area contributed by atoms with Crippen molar-refractivity contribution < 1.29 is 13.6 Å². The number of halogens is 3. The van der Waals surface area contributed by atoms with E-state index in [1.807, 2.05) is 0 Å². The fraction of sp³-hybridized carbons (Fsp3) is 0.125. The van der Waals surface area contributed by atoms with Gasteiger partial charge in [0.25, 0.3) is 0 Å². The molecule has 0 spiro atoms. The molecule has 0 aliphatic rings. The summed E-state index contributed by atoms with van der Waals surface area (Å²) in [6, 6.07) is 4.91. The molecule has 0 heterocycles. The molecule has 0 aromatic heterocycles. The predicted molar refractivity (Wildman–Crippen MR) is 44.0 cm³/mol. The lowest BCUT2D eigenvalue weighted by atomic mass is 10.2. The normalized spacial score (nSPS) is 10.7. The van der Waals surface area contributed by atoms with E-state index in [1.165, 1.54) is 18.2 Å². The molecule has 5 heteroatoms. The summed E-state index contributed by atoms with van der Waals surface area (Å²) in [4.78, 5) is 13.0. The molecule has 2 nitrogen and oxygen atoms in total. The topological polar surface area (TPSA) is 29.4 Å². The minimum atomic E-state index is -3.44. The Morgan fingerprint density at radius 1 is 1.46 bits per heavy atom. The molecule has 0 bridgehead atoms. The zero-order valence-electron chi connectivity index (χ0n) is 6.30.